The van der Waals surface area contributed by atoms with Crippen LogP contribution in [0.15, 0.2) is 12.0 Å². The van der Waals surface area contributed by atoms with Crippen LogP contribution >= 0.6 is 0 Å². The summed E-state index contributed by atoms with van der Waals surface area (Å²) in [4.78, 5) is 0. The summed E-state index contributed by atoms with van der Waals surface area (Å²) in [6.07, 6.45) is -15.2. The van der Waals surface area contributed by atoms with E-state index in [9.17, 15) is 60.6 Å². The molecule has 0 spiro atoms. The Hall–Kier alpha value is -1.63. The lowest BCUT2D eigenvalue weighted by molar-refractivity contribution is -0.464. The predicted molar refractivity (Wildman–Crippen MR) is 61.8 cm³/mol. The molecule has 2 atom stereocenters. The first kappa shape index (κ1) is 25.4. The number of hydrogen-bond acceptors (Lipinski definition) is 6. The van der Waals surface area contributed by atoms with E-state index < -0.39 is 71.3 Å². The summed E-state index contributed by atoms with van der Waals surface area (Å²) < 4.78 is 189. The maximum Gasteiger partial charge on any atom is 0.438 e. The van der Waals surface area contributed by atoms with E-state index in [4.69, 9.17) is 0 Å². The minimum Gasteiger partial charge on any atom is -0.414 e. The zero-order valence-electron chi connectivity index (χ0n) is 13.0. The van der Waals surface area contributed by atoms with Gasteiger partial charge in [-0.1, -0.05) is 3.89 Å². The summed E-state index contributed by atoms with van der Waals surface area (Å²) in [5.74, 6) is -13.7. The molecule has 0 radical (unpaired) electrons. The lowest BCUT2D eigenvalue weighted by atomic mass is 10.1. The van der Waals surface area contributed by atoms with Gasteiger partial charge < -0.3 is 14.2 Å². The highest BCUT2D eigenvalue weighted by atomic mass is 32.3. The van der Waals surface area contributed by atoms with Crippen LogP contribution in [-0.4, -0.2) is 57.5 Å². The summed E-state index contributed by atoms with van der Waals surface area (Å²) in [7, 11) is -6.72. The highest BCUT2D eigenvalue weighted by molar-refractivity contribution is 7.87. The Morgan fingerprint density at radius 2 is 1.55 bits per heavy atom. The SMILES string of the molecule is O=S(=O)(F)C(F)(F)COCC1(F)OC(=C(F)F)OC1(F)C(F)(F)OC(F)(F)CF. The Balaban J connectivity index is 3.24. The monoisotopic (exact) mass is 482 g/mol. The lowest BCUT2D eigenvalue weighted by Gasteiger charge is -2.34. The summed E-state index contributed by atoms with van der Waals surface area (Å²) in [5.41, 5.74) is 0. The topological polar surface area (TPSA) is 71.1 Å². The van der Waals surface area contributed by atoms with Gasteiger partial charge in [0.05, 0.1) is 0 Å². The summed E-state index contributed by atoms with van der Waals surface area (Å²) in [6.45, 7) is -8.41. The summed E-state index contributed by atoms with van der Waals surface area (Å²) in [5, 5.41) is -5.45. The average molecular weight is 482 g/mol. The zero-order chi connectivity index (χ0) is 23.1. The first-order valence-corrected chi connectivity index (χ1v) is 7.85. The average Bonchev–Trinajstić information content (AvgIpc) is 2.79. The highest BCUT2D eigenvalue weighted by Crippen LogP contribution is 2.54. The van der Waals surface area contributed by atoms with Crippen LogP contribution < -0.4 is 0 Å². The van der Waals surface area contributed by atoms with Gasteiger partial charge in [0.15, 0.2) is 6.67 Å². The van der Waals surface area contributed by atoms with Gasteiger partial charge in [0, 0.05) is 0 Å². The van der Waals surface area contributed by atoms with Crippen molar-refractivity contribution in [3.8, 4) is 0 Å². The van der Waals surface area contributed by atoms with Crippen molar-refractivity contribution in [3.05, 3.63) is 12.0 Å². The fourth-order valence-corrected chi connectivity index (χ4v) is 1.79. The smallest absolute Gasteiger partial charge is 0.414 e. The second kappa shape index (κ2) is 7.56. The summed E-state index contributed by atoms with van der Waals surface area (Å²) in [6, 6.07) is 0. The van der Waals surface area contributed by atoms with Crippen molar-refractivity contribution in [1.29, 1.82) is 0 Å². The fourth-order valence-electron chi connectivity index (χ4n) is 1.57. The van der Waals surface area contributed by atoms with Crippen LogP contribution in [0.4, 0.5) is 52.2 Å². The molecule has 1 fully saturated rings. The molecule has 29 heavy (non-hydrogen) atoms. The first-order valence-electron chi connectivity index (χ1n) is 6.46. The number of alkyl halides is 9. The van der Waals surface area contributed by atoms with Gasteiger partial charge in [0.1, 0.15) is 13.2 Å². The first-order chi connectivity index (χ1) is 12.7. The Labute approximate surface area is 152 Å². The van der Waals surface area contributed by atoms with Gasteiger partial charge in [-0.15, -0.1) is 0 Å². The Morgan fingerprint density at radius 1 is 1.03 bits per heavy atom. The van der Waals surface area contributed by atoms with E-state index >= 15 is 0 Å². The van der Waals surface area contributed by atoms with Gasteiger partial charge in [0.25, 0.3) is 0 Å². The molecule has 1 heterocycles. The van der Waals surface area contributed by atoms with Gasteiger partial charge in [-0.05, 0) is 0 Å². The molecule has 0 amide bonds. The van der Waals surface area contributed by atoms with Crippen molar-refractivity contribution >= 4 is 10.2 Å². The van der Waals surface area contributed by atoms with Crippen molar-refractivity contribution in [1.82, 2.24) is 0 Å². The third-order valence-electron chi connectivity index (χ3n) is 2.84. The van der Waals surface area contributed by atoms with E-state index in [1.165, 1.54) is 0 Å². The van der Waals surface area contributed by atoms with Crippen LogP contribution in [0.5, 0.6) is 0 Å². The summed E-state index contributed by atoms with van der Waals surface area (Å²) >= 11 is 0. The van der Waals surface area contributed by atoms with Crippen LogP contribution in [0.2, 0.25) is 0 Å². The van der Waals surface area contributed by atoms with E-state index in [0.717, 1.165) is 0 Å². The molecular formula is C10H6F12O6S. The Kier molecular flexibility index (Phi) is 6.63. The van der Waals surface area contributed by atoms with Crippen LogP contribution in [0.1, 0.15) is 0 Å². The third kappa shape index (κ3) is 4.93. The Morgan fingerprint density at radius 3 is 1.97 bits per heavy atom. The normalized spacial score (nSPS) is 26.3. The molecule has 0 aliphatic carbocycles. The minimum absolute atomic E-state index is 2.40. The molecule has 6 nitrogen and oxygen atoms in total. The maximum absolute atomic E-state index is 14.4. The van der Waals surface area contributed by atoms with E-state index in [2.05, 4.69) is 18.9 Å². The molecule has 19 heteroatoms. The molecule has 1 rings (SSSR count). The Bertz CT molecular complexity index is 752. The molecule has 0 aromatic rings. The highest BCUT2D eigenvalue weighted by Gasteiger charge is 2.81. The van der Waals surface area contributed by atoms with Gasteiger partial charge in [-0.25, -0.2) is 9.13 Å². The zero-order valence-corrected chi connectivity index (χ0v) is 13.8. The molecule has 172 valence electrons. The van der Waals surface area contributed by atoms with E-state index in [-0.39, 0.29) is 0 Å². The van der Waals surface area contributed by atoms with Crippen molar-refractivity contribution in [3.63, 3.8) is 0 Å². The van der Waals surface area contributed by atoms with Crippen molar-refractivity contribution in [2.45, 2.75) is 29.2 Å². The van der Waals surface area contributed by atoms with Crippen LogP contribution in [0.25, 0.3) is 0 Å². The van der Waals surface area contributed by atoms with Gasteiger partial charge in [-0.3, -0.25) is 0 Å². The quantitative estimate of drug-likeness (QED) is 0.370. The lowest BCUT2D eigenvalue weighted by Crippen LogP contribution is -2.62. The third-order valence-corrected chi connectivity index (χ3v) is 3.68. The number of halogens is 12. The molecule has 0 N–H and O–H groups in total. The van der Waals surface area contributed by atoms with E-state index in [1.807, 2.05) is 0 Å². The molecule has 0 aromatic heterocycles. The van der Waals surface area contributed by atoms with E-state index in [1.54, 1.807) is 0 Å². The fraction of sp³-hybridized carbons (Fsp3) is 0.800. The van der Waals surface area contributed by atoms with Crippen molar-refractivity contribution < 1.29 is 79.5 Å². The van der Waals surface area contributed by atoms with Gasteiger partial charge in [0.2, 0.25) is 0 Å². The van der Waals surface area contributed by atoms with Gasteiger partial charge in [-0.2, -0.15) is 52.3 Å². The molecule has 1 aliphatic rings. The van der Waals surface area contributed by atoms with Gasteiger partial charge >= 0.3 is 51.4 Å². The standard InChI is InChI=1S/C10H6F12O6S/c11-1-7(15,16)28-10(20,21)9(19)6(14,26-5(27-9)4(12)13)2-25-3-8(17,18)29(22,23)24/h1-3H2. The van der Waals surface area contributed by atoms with Crippen LogP contribution in [0.3, 0.4) is 0 Å². The van der Waals surface area contributed by atoms with Crippen molar-refractivity contribution in [2.75, 3.05) is 19.9 Å². The molecule has 0 bridgehead atoms. The molecule has 0 aromatic carbocycles. The second-order valence-corrected chi connectivity index (χ2v) is 6.51. The molecule has 1 aliphatic heterocycles. The predicted octanol–water partition coefficient (Wildman–Crippen LogP) is 3.51. The second-order valence-electron chi connectivity index (χ2n) is 5.03. The minimum atomic E-state index is -6.72. The van der Waals surface area contributed by atoms with E-state index in [0.29, 0.717) is 0 Å². The van der Waals surface area contributed by atoms with Crippen molar-refractivity contribution in [2.24, 2.45) is 0 Å². The van der Waals surface area contributed by atoms with Crippen LogP contribution in [0, 0.1) is 0 Å². The molecular weight excluding hydrogens is 476 g/mol. The number of hydrogen-bond donors (Lipinski definition) is 0. The molecule has 2 unspecified atom stereocenters. The largest absolute Gasteiger partial charge is 0.438 e. The number of ether oxygens (including phenoxy) is 4. The molecule has 1 saturated heterocycles. The maximum atomic E-state index is 14.4. The van der Waals surface area contributed by atoms with Crippen LogP contribution in [-0.2, 0) is 29.2 Å². The number of rotatable bonds is 9. The molecule has 0 saturated carbocycles.